The van der Waals surface area contributed by atoms with Crippen molar-refractivity contribution >= 4 is 23.2 Å². The van der Waals surface area contributed by atoms with Crippen LogP contribution < -0.4 is 16.5 Å². The molecule has 0 aliphatic carbocycles. The third kappa shape index (κ3) is 4.17. The molecule has 1 aliphatic heterocycles. The minimum absolute atomic E-state index is 0.0545. The topological polar surface area (TPSA) is 96.6 Å². The highest BCUT2D eigenvalue weighted by Crippen LogP contribution is 2.18. The maximum Gasteiger partial charge on any atom is 0.240 e. The molecule has 0 aromatic heterocycles. The summed E-state index contributed by atoms with van der Waals surface area (Å²) in [6.45, 7) is 3.44. The van der Waals surface area contributed by atoms with Gasteiger partial charge in [0.15, 0.2) is 0 Å². The molecule has 4 N–H and O–H groups in total. The first kappa shape index (κ1) is 15.8. The Bertz CT molecular complexity index is 508. The molecule has 6 nitrogen and oxygen atoms in total. The number of carbonyl (C=O) groups is 2. The highest BCUT2D eigenvalue weighted by Gasteiger charge is 2.21. The minimum atomic E-state index is -0.0987. The number of nitrogens with zero attached hydrogens (tertiary/aromatic N) is 1. The summed E-state index contributed by atoms with van der Waals surface area (Å²) in [5.41, 5.74) is 9.56. The second-order valence-electron chi connectivity index (χ2n) is 4.40. The van der Waals surface area contributed by atoms with Gasteiger partial charge in [0.2, 0.25) is 11.8 Å². The van der Waals surface area contributed by atoms with Gasteiger partial charge in [0.05, 0.1) is 5.71 Å². The van der Waals surface area contributed by atoms with Gasteiger partial charge in [0.1, 0.15) is 0 Å². The van der Waals surface area contributed by atoms with Crippen molar-refractivity contribution in [2.75, 3.05) is 12.4 Å². The van der Waals surface area contributed by atoms with Crippen molar-refractivity contribution in [1.82, 2.24) is 5.43 Å². The smallest absolute Gasteiger partial charge is 0.240 e. The largest absolute Gasteiger partial charge is 0.333 e. The van der Waals surface area contributed by atoms with Crippen molar-refractivity contribution < 1.29 is 9.59 Å². The van der Waals surface area contributed by atoms with Gasteiger partial charge in [-0.1, -0.05) is 19.1 Å². The van der Waals surface area contributed by atoms with E-state index in [-0.39, 0.29) is 17.7 Å². The maximum atomic E-state index is 11.2. The van der Waals surface area contributed by atoms with Crippen LogP contribution in [0, 0.1) is 5.92 Å². The molecule has 2 rings (SSSR count). The van der Waals surface area contributed by atoms with Crippen LogP contribution in [0.2, 0.25) is 0 Å². The van der Waals surface area contributed by atoms with E-state index in [1.165, 1.54) is 14.0 Å². The molecule has 0 fully saturated rings. The summed E-state index contributed by atoms with van der Waals surface area (Å²) in [6, 6.07) is 7.42. The predicted octanol–water partition coefficient (Wildman–Crippen LogP) is 1.08. The molecular formula is C14H20N4O2. The van der Waals surface area contributed by atoms with Crippen LogP contribution in [0.15, 0.2) is 29.4 Å². The fourth-order valence-corrected chi connectivity index (χ4v) is 1.93. The molecule has 20 heavy (non-hydrogen) atoms. The van der Waals surface area contributed by atoms with E-state index in [0.717, 1.165) is 17.0 Å². The van der Waals surface area contributed by atoms with Crippen LogP contribution in [0.25, 0.3) is 0 Å². The van der Waals surface area contributed by atoms with Crippen molar-refractivity contribution in [2.45, 2.75) is 20.3 Å². The minimum Gasteiger partial charge on any atom is -0.333 e. The fraction of sp³-hybridized carbons (Fsp3) is 0.357. The van der Waals surface area contributed by atoms with Gasteiger partial charge in [-0.15, -0.1) is 0 Å². The average molecular weight is 276 g/mol. The standard InChI is InChI=1S/C13H15N3O2.CH5N/c1-8-7-12(18)15-16-13(8)10-3-5-11(6-4-10)14-9(2)17;1-2/h3-6,8H,7H2,1-2H3,(H,14,17)(H,15,18);2H2,1H3. The van der Waals surface area contributed by atoms with Crippen molar-refractivity contribution in [3.8, 4) is 0 Å². The van der Waals surface area contributed by atoms with E-state index < -0.39 is 0 Å². The molecule has 1 heterocycles. The number of hydrazone groups is 1. The zero-order chi connectivity index (χ0) is 15.1. The molecule has 108 valence electrons. The van der Waals surface area contributed by atoms with E-state index in [1.54, 1.807) is 0 Å². The molecule has 1 atom stereocenters. The number of hydrogen-bond donors (Lipinski definition) is 3. The summed E-state index contributed by atoms with van der Waals surface area (Å²) >= 11 is 0. The third-order valence-electron chi connectivity index (χ3n) is 2.76. The predicted molar refractivity (Wildman–Crippen MR) is 79.3 cm³/mol. The van der Waals surface area contributed by atoms with Gasteiger partial charge in [-0.3, -0.25) is 9.59 Å². The van der Waals surface area contributed by atoms with E-state index in [0.29, 0.717) is 6.42 Å². The summed E-state index contributed by atoms with van der Waals surface area (Å²) in [5, 5.41) is 6.79. The highest BCUT2D eigenvalue weighted by atomic mass is 16.2. The second-order valence-corrected chi connectivity index (χ2v) is 4.40. The lowest BCUT2D eigenvalue weighted by Gasteiger charge is -2.19. The number of amides is 2. The first-order valence-electron chi connectivity index (χ1n) is 6.38. The number of nitrogens with one attached hydrogen (secondary N) is 2. The highest BCUT2D eigenvalue weighted by molar-refractivity contribution is 6.06. The van der Waals surface area contributed by atoms with Crippen LogP contribution in [-0.4, -0.2) is 24.6 Å². The zero-order valence-corrected chi connectivity index (χ0v) is 11.9. The Labute approximate surface area is 118 Å². The first-order valence-corrected chi connectivity index (χ1v) is 6.38. The average Bonchev–Trinajstić information content (AvgIpc) is 2.42. The lowest BCUT2D eigenvalue weighted by atomic mass is 9.94. The normalized spacial score (nSPS) is 17.3. The van der Waals surface area contributed by atoms with Crippen LogP contribution in [0.4, 0.5) is 5.69 Å². The van der Waals surface area contributed by atoms with Gasteiger partial charge in [0.25, 0.3) is 0 Å². The Hall–Kier alpha value is -2.21. The Morgan fingerprint density at radius 1 is 1.35 bits per heavy atom. The van der Waals surface area contributed by atoms with Crippen molar-refractivity contribution in [2.24, 2.45) is 16.8 Å². The van der Waals surface area contributed by atoms with Crippen LogP contribution in [0.3, 0.4) is 0 Å². The summed E-state index contributed by atoms with van der Waals surface area (Å²) in [7, 11) is 1.50. The Morgan fingerprint density at radius 2 is 1.95 bits per heavy atom. The zero-order valence-electron chi connectivity index (χ0n) is 11.9. The first-order chi connectivity index (χ1) is 9.56. The van der Waals surface area contributed by atoms with E-state index in [1.807, 2.05) is 31.2 Å². The van der Waals surface area contributed by atoms with E-state index >= 15 is 0 Å². The maximum absolute atomic E-state index is 11.2. The molecule has 0 spiro atoms. The number of anilines is 1. The number of carbonyl (C=O) groups excluding carboxylic acids is 2. The molecule has 0 saturated heterocycles. The molecule has 0 radical (unpaired) electrons. The van der Waals surface area contributed by atoms with Crippen LogP contribution in [0.5, 0.6) is 0 Å². The SMILES string of the molecule is CC(=O)Nc1ccc(C2=NNC(=O)CC2C)cc1.CN. The van der Waals surface area contributed by atoms with Gasteiger partial charge in [-0.05, 0) is 24.7 Å². The van der Waals surface area contributed by atoms with Crippen molar-refractivity contribution in [3.05, 3.63) is 29.8 Å². The Morgan fingerprint density at radius 3 is 2.45 bits per heavy atom. The lowest BCUT2D eigenvalue weighted by molar-refractivity contribution is -0.122. The summed E-state index contributed by atoms with van der Waals surface area (Å²) < 4.78 is 0. The van der Waals surface area contributed by atoms with Gasteiger partial charge in [-0.25, -0.2) is 5.43 Å². The van der Waals surface area contributed by atoms with Crippen LogP contribution >= 0.6 is 0 Å². The Balaban J connectivity index is 0.000000956. The Kier molecular flexibility index (Phi) is 5.86. The lowest BCUT2D eigenvalue weighted by Crippen LogP contribution is -2.31. The van der Waals surface area contributed by atoms with Crippen molar-refractivity contribution in [1.29, 1.82) is 0 Å². The van der Waals surface area contributed by atoms with Crippen LogP contribution in [0.1, 0.15) is 25.8 Å². The summed E-state index contributed by atoms with van der Waals surface area (Å²) in [5.74, 6) is -0.0510. The quantitative estimate of drug-likeness (QED) is 0.754. The van der Waals surface area contributed by atoms with Gasteiger partial charge in [-0.2, -0.15) is 5.10 Å². The molecular weight excluding hydrogens is 256 g/mol. The molecule has 1 aromatic carbocycles. The molecule has 0 saturated carbocycles. The molecule has 1 unspecified atom stereocenters. The number of benzene rings is 1. The fourth-order valence-electron chi connectivity index (χ4n) is 1.93. The van der Waals surface area contributed by atoms with Gasteiger partial charge >= 0.3 is 0 Å². The summed E-state index contributed by atoms with van der Waals surface area (Å²) in [6.07, 6.45) is 0.451. The molecule has 6 heteroatoms. The molecule has 1 aliphatic rings. The number of hydrogen-bond acceptors (Lipinski definition) is 4. The molecule has 0 bridgehead atoms. The molecule has 2 amide bonds. The van der Waals surface area contributed by atoms with Crippen molar-refractivity contribution in [3.63, 3.8) is 0 Å². The van der Waals surface area contributed by atoms with E-state index in [9.17, 15) is 9.59 Å². The van der Waals surface area contributed by atoms with E-state index in [2.05, 4.69) is 21.6 Å². The number of nitrogens with two attached hydrogens (primary N) is 1. The van der Waals surface area contributed by atoms with Gasteiger partial charge < -0.3 is 11.1 Å². The van der Waals surface area contributed by atoms with E-state index in [4.69, 9.17) is 0 Å². The number of rotatable bonds is 2. The monoisotopic (exact) mass is 276 g/mol. The summed E-state index contributed by atoms with van der Waals surface area (Å²) in [4.78, 5) is 22.1. The van der Waals surface area contributed by atoms with Gasteiger partial charge in [0, 0.05) is 24.9 Å². The molecule has 1 aromatic rings. The second kappa shape index (κ2) is 7.40. The third-order valence-corrected chi connectivity index (χ3v) is 2.76. The van der Waals surface area contributed by atoms with Crippen LogP contribution in [-0.2, 0) is 9.59 Å².